The molecule has 1 N–H and O–H groups in total. The van der Waals surface area contributed by atoms with E-state index in [0.717, 1.165) is 18.1 Å². The Hall–Kier alpha value is -0.760. The van der Waals surface area contributed by atoms with Gasteiger partial charge in [0.2, 0.25) is 0 Å². The molecule has 0 bridgehead atoms. The lowest BCUT2D eigenvalue weighted by Crippen LogP contribution is -2.37. The Bertz CT molecular complexity index is 301. The number of nitrogens with one attached hydrogen (secondary N) is 1. The van der Waals surface area contributed by atoms with Gasteiger partial charge in [0, 0.05) is 6.04 Å². The van der Waals surface area contributed by atoms with Crippen molar-refractivity contribution < 1.29 is 4.42 Å². The highest BCUT2D eigenvalue weighted by molar-refractivity contribution is 5.04. The van der Waals surface area contributed by atoms with Crippen molar-refractivity contribution in [2.45, 2.75) is 64.5 Å². The minimum Gasteiger partial charge on any atom is -0.468 e. The highest BCUT2D eigenvalue weighted by Gasteiger charge is 2.23. The Morgan fingerprint density at radius 1 is 1.35 bits per heavy atom. The Kier molecular flexibility index (Phi) is 4.66. The summed E-state index contributed by atoms with van der Waals surface area (Å²) in [5, 5.41) is 3.74. The highest BCUT2D eigenvalue weighted by atomic mass is 16.3. The van der Waals surface area contributed by atoms with E-state index in [2.05, 4.69) is 25.2 Å². The average Bonchev–Trinajstić information content (AvgIpc) is 2.90. The number of hydrogen-bond acceptors (Lipinski definition) is 2. The van der Waals surface area contributed by atoms with E-state index in [1.54, 1.807) is 6.26 Å². The second-order valence-electron chi connectivity index (χ2n) is 5.33. The minimum atomic E-state index is 0.377. The van der Waals surface area contributed by atoms with Crippen molar-refractivity contribution in [1.82, 2.24) is 5.32 Å². The molecule has 1 heterocycles. The zero-order valence-corrected chi connectivity index (χ0v) is 11.1. The Morgan fingerprint density at radius 2 is 2.12 bits per heavy atom. The van der Waals surface area contributed by atoms with Crippen molar-refractivity contribution in [2.24, 2.45) is 5.92 Å². The maximum absolute atomic E-state index is 5.51. The molecule has 0 saturated heterocycles. The van der Waals surface area contributed by atoms with Crippen LogP contribution < -0.4 is 5.32 Å². The van der Waals surface area contributed by atoms with Crippen LogP contribution in [0.25, 0.3) is 0 Å². The molecule has 2 nitrogen and oxygen atoms in total. The maximum Gasteiger partial charge on any atom is 0.120 e. The summed E-state index contributed by atoms with van der Waals surface area (Å²) in [6, 6.07) is 5.03. The summed E-state index contributed by atoms with van der Waals surface area (Å²) in [5.41, 5.74) is 0. The lowest BCUT2D eigenvalue weighted by atomic mass is 9.84. The van der Waals surface area contributed by atoms with Gasteiger partial charge in [-0.3, -0.25) is 0 Å². The smallest absolute Gasteiger partial charge is 0.120 e. The van der Waals surface area contributed by atoms with Crippen LogP contribution in [0.4, 0.5) is 0 Å². The first-order valence-electron chi connectivity index (χ1n) is 7.10. The summed E-state index contributed by atoms with van der Waals surface area (Å²) in [4.78, 5) is 0. The van der Waals surface area contributed by atoms with E-state index in [1.807, 2.05) is 6.07 Å². The van der Waals surface area contributed by atoms with Gasteiger partial charge in [0.05, 0.1) is 12.3 Å². The number of furan rings is 1. The van der Waals surface area contributed by atoms with Crippen LogP contribution in [-0.4, -0.2) is 6.04 Å². The van der Waals surface area contributed by atoms with Gasteiger partial charge in [0.15, 0.2) is 0 Å². The predicted octanol–water partition coefficient (Wildman–Crippen LogP) is 4.29. The molecule has 0 spiro atoms. The quantitative estimate of drug-likeness (QED) is 0.823. The van der Waals surface area contributed by atoms with E-state index in [9.17, 15) is 0 Å². The molecule has 1 aromatic heterocycles. The summed E-state index contributed by atoms with van der Waals surface area (Å²) >= 11 is 0. The molecular weight excluding hydrogens is 210 g/mol. The third kappa shape index (κ3) is 3.35. The van der Waals surface area contributed by atoms with Crippen LogP contribution in [0.15, 0.2) is 22.8 Å². The first-order chi connectivity index (χ1) is 8.31. The Morgan fingerprint density at radius 3 is 2.71 bits per heavy atom. The van der Waals surface area contributed by atoms with E-state index in [-0.39, 0.29) is 0 Å². The van der Waals surface area contributed by atoms with Crippen molar-refractivity contribution in [3.63, 3.8) is 0 Å². The topological polar surface area (TPSA) is 25.2 Å². The van der Waals surface area contributed by atoms with Crippen LogP contribution >= 0.6 is 0 Å². The van der Waals surface area contributed by atoms with Crippen molar-refractivity contribution in [3.8, 4) is 0 Å². The SMILES string of the molecule is CCC(N[C@H](C)C1CCCCC1)c1ccco1. The van der Waals surface area contributed by atoms with Crippen molar-refractivity contribution in [2.75, 3.05) is 0 Å². The summed E-state index contributed by atoms with van der Waals surface area (Å²) < 4.78 is 5.51. The second-order valence-corrected chi connectivity index (χ2v) is 5.33. The highest BCUT2D eigenvalue weighted by Crippen LogP contribution is 2.28. The van der Waals surface area contributed by atoms with Gasteiger partial charge in [0.1, 0.15) is 5.76 Å². The molecule has 1 aromatic rings. The van der Waals surface area contributed by atoms with Gasteiger partial charge in [0.25, 0.3) is 0 Å². The number of hydrogen-bond donors (Lipinski definition) is 1. The molecule has 1 unspecified atom stereocenters. The molecule has 1 saturated carbocycles. The fraction of sp³-hybridized carbons (Fsp3) is 0.733. The fourth-order valence-electron chi connectivity index (χ4n) is 2.98. The maximum atomic E-state index is 5.51. The van der Waals surface area contributed by atoms with E-state index >= 15 is 0 Å². The average molecular weight is 235 g/mol. The lowest BCUT2D eigenvalue weighted by molar-refractivity contribution is 0.252. The zero-order chi connectivity index (χ0) is 12.1. The summed E-state index contributed by atoms with van der Waals surface area (Å²) in [7, 11) is 0. The van der Waals surface area contributed by atoms with Crippen LogP contribution in [0, 0.1) is 5.92 Å². The molecule has 2 rings (SSSR count). The Labute approximate surface area is 105 Å². The molecule has 17 heavy (non-hydrogen) atoms. The summed E-state index contributed by atoms with van der Waals surface area (Å²) in [5.74, 6) is 1.93. The summed E-state index contributed by atoms with van der Waals surface area (Å²) in [6.45, 7) is 4.55. The fourth-order valence-corrected chi connectivity index (χ4v) is 2.98. The van der Waals surface area contributed by atoms with Crippen LogP contribution in [0.1, 0.15) is 64.2 Å². The van der Waals surface area contributed by atoms with Gasteiger partial charge >= 0.3 is 0 Å². The van der Waals surface area contributed by atoms with Crippen molar-refractivity contribution in [1.29, 1.82) is 0 Å². The lowest BCUT2D eigenvalue weighted by Gasteiger charge is -2.31. The van der Waals surface area contributed by atoms with E-state index < -0.39 is 0 Å². The van der Waals surface area contributed by atoms with Crippen LogP contribution in [0.3, 0.4) is 0 Å². The van der Waals surface area contributed by atoms with Gasteiger partial charge in [-0.1, -0.05) is 26.2 Å². The molecule has 2 heteroatoms. The van der Waals surface area contributed by atoms with E-state index in [4.69, 9.17) is 4.42 Å². The Balaban J connectivity index is 1.89. The minimum absolute atomic E-state index is 0.377. The van der Waals surface area contributed by atoms with Crippen LogP contribution in [0.2, 0.25) is 0 Å². The first-order valence-corrected chi connectivity index (χ1v) is 7.10. The van der Waals surface area contributed by atoms with Gasteiger partial charge in [-0.25, -0.2) is 0 Å². The van der Waals surface area contributed by atoms with Gasteiger partial charge in [-0.15, -0.1) is 0 Å². The molecule has 1 aliphatic rings. The van der Waals surface area contributed by atoms with Crippen molar-refractivity contribution in [3.05, 3.63) is 24.2 Å². The first kappa shape index (κ1) is 12.7. The molecule has 1 aliphatic carbocycles. The van der Waals surface area contributed by atoms with Gasteiger partial charge < -0.3 is 9.73 Å². The second kappa shape index (κ2) is 6.25. The number of rotatable bonds is 5. The largest absolute Gasteiger partial charge is 0.468 e. The zero-order valence-electron chi connectivity index (χ0n) is 11.1. The molecular formula is C15H25NO. The van der Waals surface area contributed by atoms with Crippen LogP contribution in [0.5, 0.6) is 0 Å². The predicted molar refractivity (Wildman–Crippen MR) is 70.9 cm³/mol. The molecule has 2 atom stereocenters. The molecule has 0 amide bonds. The third-order valence-electron chi connectivity index (χ3n) is 4.12. The normalized spacial score (nSPS) is 21.3. The summed E-state index contributed by atoms with van der Waals surface area (Å²) in [6.07, 6.45) is 9.89. The van der Waals surface area contributed by atoms with Crippen LogP contribution in [-0.2, 0) is 0 Å². The molecule has 0 radical (unpaired) electrons. The third-order valence-corrected chi connectivity index (χ3v) is 4.12. The monoisotopic (exact) mass is 235 g/mol. The van der Waals surface area contributed by atoms with E-state index in [0.29, 0.717) is 12.1 Å². The van der Waals surface area contributed by atoms with Crippen molar-refractivity contribution >= 4 is 0 Å². The van der Waals surface area contributed by atoms with Gasteiger partial charge in [-0.05, 0) is 44.2 Å². The molecule has 0 aromatic carbocycles. The molecule has 0 aliphatic heterocycles. The standard InChI is InChI=1S/C15H25NO/c1-3-14(15-10-7-11-17-15)16-12(2)13-8-5-4-6-9-13/h7,10-14,16H,3-6,8-9H2,1-2H3/t12-,14?/m1/s1. The van der Waals surface area contributed by atoms with Gasteiger partial charge in [-0.2, -0.15) is 0 Å². The van der Waals surface area contributed by atoms with E-state index in [1.165, 1.54) is 32.1 Å². The molecule has 96 valence electrons. The molecule has 1 fully saturated rings.